The number of methoxy groups -OCH3 is 2. The number of anilines is 1. The lowest BCUT2D eigenvalue weighted by Crippen LogP contribution is -2.48. The first kappa shape index (κ1) is 18.9. The van der Waals surface area contributed by atoms with E-state index in [9.17, 15) is 9.59 Å². The summed E-state index contributed by atoms with van der Waals surface area (Å²) < 4.78 is 10.5. The Morgan fingerprint density at radius 3 is 2.68 bits per heavy atom. The van der Waals surface area contributed by atoms with Crippen molar-refractivity contribution in [1.29, 1.82) is 0 Å². The summed E-state index contributed by atoms with van der Waals surface area (Å²) in [6.07, 6.45) is 0.850. The number of hydrogen-bond acceptors (Lipinski definition) is 5. The number of nitrogens with one attached hydrogen (secondary N) is 2. The summed E-state index contributed by atoms with van der Waals surface area (Å²) in [4.78, 5) is 25.9. The highest BCUT2D eigenvalue weighted by atomic mass is 16.5. The summed E-state index contributed by atoms with van der Waals surface area (Å²) in [5, 5.41) is 14.6. The summed E-state index contributed by atoms with van der Waals surface area (Å²) in [6, 6.07) is 4.28. The quantitative estimate of drug-likeness (QED) is 0.677. The molecule has 3 N–H and O–H groups in total. The van der Waals surface area contributed by atoms with E-state index in [1.54, 1.807) is 30.2 Å². The third-order valence-corrected chi connectivity index (χ3v) is 4.19. The van der Waals surface area contributed by atoms with Crippen molar-refractivity contribution < 1.29 is 24.2 Å². The minimum atomic E-state index is -0.382. The van der Waals surface area contributed by atoms with Crippen LogP contribution in [0.1, 0.15) is 19.8 Å². The Morgan fingerprint density at radius 2 is 2.08 bits per heavy atom. The summed E-state index contributed by atoms with van der Waals surface area (Å²) in [7, 11) is 3.08. The number of carbonyl (C=O) groups is 2. The van der Waals surface area contributed by atoms with E-state index in [0.717, 1.165) is 0 Å². The van der Waals surface area contributed by atoms with Gasteiger partial charge in [-0.3, -0.25) is 4.79 Å². The lowest BCUT2D eigenvalue weighted by molar-refractivity contribution is -0.117. The van der Waals surface area contributed by atoms with E-state index < -0.39 is 0 Å². The van der Waals surface area contributed by atoms with Crippen molar-refractivity contribution in [2.24, 2.45) is 0 Å². The standard InChI is InChI=1S/C17H25N3O5/c1-4-11(10-21)18-17(23)19-12-7-16(22)20(9-12)13-5-6-14(24-2)15(8-13)25-3/h5-6,8,11-12,21H,4,7,9-10H2,1-3H3,(H2,18,19,23)/t11-,12+/m0/s1. The van der Waals surface area contributed by atoms with Gasteiger partial charge in [-0.25, -0.2) is 4.79 Å². The first-order valence-electron chi connectivity index (χ1n) is 8.22. The number of carbonyl (C=O) groups excluding carboxylic acids is 2. The second-order valence-electron chi connectivity index (χ2n) is 5.85. The van der Waals surface area contributed by atoms with Crippen LogP contribution in [-0.2, 0) is 4.79 Å². The van der Waals surface area contributed by atoms with Crippen molar-refractivity contribution >= 4 is 17.6 Å². The number of hydrogen-bond donors (Lipinski definition) is 3. The number of benzene rings is 1. The van der Waals surface area contributed by atoms with Crippen LogP contribution in [0.3, 0.4) is 0 Å². The zero-order valence-corrected chi connectivity index (χ0v) is 14.7. The summed E-state index contributed by atoms with van der Waals surface area (Å²) in [6.45, 7) is 2.13. The van der Waals surface area contributed by atoms with Crippen LogP contribution >= 0.6 is 0 Å². The number of ether oxygens (including phenoxy) is 2. The van der Waals surface area contributed by atoms with Crippen LogP contribution in [-0.4, -0.2) is 56.5 Å². The molecule has 0 aromatic heterocycles. The van der Waals surface area contributed by atoms with Gasteiger partial charge in [-0.15, -0.1) is 0 Å². The molecule has 1 aromatic rings. The summed E-state index contributed by atoms with van der Waals surface area (Å²) >= 11 is 0. The van der Waals surface area contributed by atoms with E-state index in [1.165, 1.54) is 7.11 Å². The second-order valence-corrected chi connectivity index (χ2v) is 5.85. The molecule has 0 saturated carbocycles. The SMILES string of the molecule is CC[C@@H](CO)NC(=O)N[C@@H]1CC(=O)N(c2ccc(OC)c(OC)c2)C1. The van der Waals surface area contributed by atoms with Gasteiger partial charge in [0, 0.05) is 24.7 Å². The minimum absolute atomic E-state index is 0.0771. The Balaban J connectivity index is 2.01. The van der Waals surface area contributed by atoms with Crippen LogP contribution in [0.2, 0.25) is 0 Å². The molecular weight excluding hydrogens is 326 g/mol. The predicted molar refractivity (Wildman–Crippen MR) is 93.1 cm³/mol. The Hall–Kier alpha value is -2.48. The molecule has 1 heterocycles. The van der Waals surface area contributed by atoms with Crippen LogP contribution < -0.4 is 25.0 Å². The number of rotatable bonds is 7. The molecule has 2 atom stereocenters. The molecular formula is C17H25N3O5. The van der Waals surface area contributed by atoms with E-state index >= 15 is 0 Å². The topological polar surface area (TPSA) is 100 Å². The first-order valence-corrected chi connectivity index (χ1v) is 8.22. The maximum atomic E-state index is 12.3. The summed E-state index contributed by atoms with van der Waals surface area (Å²) in [5.41, 5.74) is 0.689. The largest absolute Gasteiger partial charge is 0.493 e. The third-order valence-electron chi connectivity index (χ3n) is 4.19. The lowest BCUT2D eigenvalue weighted by Gasteiger charge is -2.20. The van der Waals surface area contributed by atoms with Crippen molar-refractivity contribution in [2.75, 3.05) is 32.3 Å². The van der Waals surface area contributed by atoms with Gasteiger partial charge in [0.05, 0.1) is 32.9 Å². The molecule has 8 heteroatoms. The van der Waals surface area contributed by atoms with Gasteiger partial charge < -0.3 is 30.1 Å². The Morgan fingerprint density at radius 1 is 1.36 bits per heavy atom. The molecule has 0 aliphatic carbocycles. The molecule has 1 fully saturated rings. The third kappa shape index (κ3) is 4.54. The van der Waals surface area contributed by atoms with Gasteiger partial charge >= 0.3 is 6.03 Å². The number of urea groups is 1. The molecule has 0 unspecified atom stereocenters. The maximum Gasteiger partial charge on any atom is 0.315 e. The van der Waals surface area contributed by atoms with Crippen LogP contribution in [0.5, 0.6) is 11.5 Å². The van der Waals surface area contributed by atoms with Crippen molar-refractivity contribution in [1.82, 2.24) is 10.6 Å². The first-order chi connectivity index (χ1) is 12.0. The fraction of sp³-hybridized carbons (Fsp3) is 0.529. The van der Waals surface area contributed by atoms with Crippen molar-refractivity contribution in [3.8, 4) is 11.5 Å². The van der Waals surface area contributed by atoms with Crippen LogP contribution in [0, 0.1) is 0 Å². The van der Waals surface area contributed by atoms with Crippen LogP contribution in [0.4, 0.5) is 10.5 Å². The summed E-state index contributed by atoms with van der Waals surface area (Å²) in [5.74, 6) is 1.05. The van der Waals surface area contributed by atoms with E-state index in [-0.39, 0.29) is 37.0 Å². The second kappa shape index (κ2) is 8.57. The Kier molecular flexibility index (Phi) is 6.46. The zero-order valence-electron chi connectivity index (χ0n) is 14.7. The van der Waals surface area contributed by atoms with E-state index in [0.29, 0.717) is 30.2 Å². The number of aliphatic hydroxyl groups excluding tert-OH is 1. The Labute approximate surface area is 147 Å². The molecule has 25 heavy (non-hydrogen) atoms. The van der Waals surface area contributed by atoms with Gasteiger partial charge in [0.1, 0.15) is 0 Å². The zero-order chi connectivity index (χ0) is 18.4. The highest BCUT2D eigenvalue weighted by molar-refractivity contribution is 5.97. The smallest absolute Gasteiger partial charge is 0.315 e. The average molecular weight is 351 g/mol. The van der Waals surface area contributed by atoms with Gasteiger partial charge in [0.15, 0.2) is 11.5 Å². The average Bonchev–Trinajstić information content (AvgIpc) is 2.98. The monoisotopic (exact) mass is 351 g/mol. The molecule has 8 nitrogen and oxygen atoms in total. The van der Waals surface area contributed by atoms with E-state index in [1.807, 2.05) is 6.92 Å². The molecule has 2 rings (SSSR count). The maximum absolute atomic E-state index is 12.3. The van der Waals surface area contributed by atoms with Gasteiger partial charge in [0.25, 0.3) is 0 Å². The molecule has 3 amide bonds. The Bertz CT molecular complexity index is 618. The molecule has 1 saturated heterocycles. The van der Waals surface area contributed by atoms with Gasteiger partial charge in [-0.2, -0.15) is 0 Å². The number of nitrogens with zero attached hydrogens (tertiary/aromatic N) is 1. The molecule has 0 bridgehead atoms. The number of amides is 3. The predicted octanol–water partition coefficient (Wildman–Crippen LogP) is 0.879. The lowest BCUT2D eigenvalue weighted by atomic mass is 10.2. The van der Waals surface area contributed by atoms with Gasteiger partial charge in [-0.05, 0) is 18.6 Å². The highest BCUT2D eigenvalue weighted by Crippen LogP contribution is 2.33. The fourth-order valence-electron chi connectivity index (χ4n) is 2.74. The van der Waals surface area contributed by atoms with Crippen molar-refractivity contribution in [3.05, 3.63) is 18.2 Å². The van der Waals surface area contributed by atoms with Gasteiger partial charge in [0.2, 0.25) is 5.91 Å². The number of aliphatic hydroxyl groups is 1. The van der Waals surface area contributed by atoms with Crippen LogP contribution in [0.15, 0.2) is 18.2 Å². The molecule has 1 aromatic carbocycles. The minimum Gasteiger partial charge on any atom is -0.493 e. The van der Waals surface area contributed by atoms with E-state index in [4.69, 9.17) is 14.6 Å². The molecule has 0 radical (unpaired) electrons. The van der Waals surface area contributed by atoms with Gasteiger partial charge in [-0.1, -0.05) is 6.92 Å². The van der Waals surface area contributed by atoms with Crippen LogP contribution in [0.25, 0.3) is 0 Å². The molecule has 1 aliphatic rings. The molecule has 138 valence electrons. The van der Waals surface area contributed by atoms with Crippen molar-refractivity contribution in [3.63, 3.8) is 0 Å². The fourth-order valence-corrected chi connectivity index (χ4v) is 2.74. The normalized spacial score (nSPS) is 18.0. The van der Waals surface area contributed by atoms with Crippen molar-refractivity contribution in [2.45, 2.75) is 31.8 Å². The van der Waals surface area contributed by atoms with E-state index in [2.05, 4.69) is 10.6 Å². The highest BCUT2D eigenvalue weighted by Gasteiger charge is 2.32. The molecule has 0 spiro atoms. The molecule has 1 aliphatic heterocycles.